The van der Waals surface area contributed by atoms with E-state index in [2.05, 4.69) is 4.42 Å². The maximum Gasteiger partial charge on any atom is 0.0902 e. The van der Waals surface area contributed by atoms with Crippen LogP contribution in [0.5, 0.6) is 0 Å². The van der Waals surface area contributed by atoms with Gasteiger partial charge in [-0.25, -0.2) is 0 Å². The van der Waals surface area contributed by atoms with Crippen LogP contribution in [0.2, 0.25) is 0 Å². The van der Waals surface area contributed by atoms with E-state index in [1.165, 1.54) is 0 Å². The van der Waals surface area contributed by atoms with Gasteiger partial charge in [0.2, 0.25) is 0 Å². The van der Waals surface area contributed by atoms with Crippen LogP contribution in [0.3, 0.4) is 0 Å². The maximum absolute atomic E-state index is 4.58. The molecule has 0 spiro atoms. The molecule has 2 radical (unpaired) electrons. The third-order valence-electron chi connectivity index (χ3n) is 0.425. The molecular formula is C4H4CaO. The van der Waals surface area contributed by atoms with Crippen molar-refractivity contribution in [2.24, 2.45) is 0 Å². The van der Waals surface area contributed by atoms with Gasteiger partial charge in [-0.3, -0.25) is 0 Å². The van der Waals surface area contributed by atoms with Gasteiger partial charge in [-0.05, 0) is 12.1 Å². The van der Waals surface area contributed by atoms with Crippen molar-refractivity contribution in [3.05, 3.63) is 24.7 Å². The summed E-state index contributed by atoms with van der Waals surface area (Å²) in [5.74, 6) is 0. The summed E-state index contributed by atoms with van der Waals surface area (Å²) in [5.41, 5.74) is 0. The molecule has 0 saturated heterocycles. The topological polar surface area (TPSA) is 13.1 Å². The zero-order chi connectivity index (χ0) is 3.54. The minimum absolute atomic E-state index is 0. The van der Waals surface area contributed by atoms with Gasteiger partial charge in [-0.1, -0.05) is 0 Å². The molecule has 6 heavy (non-hydrogen) atoms. The Morgan fingerprint density at radius 3 is 1.67 bits per heavy atom. The molecule has 0 aliphatic rings. The molecular weight excluding hydrogens is 104 g/mol. The van der Waals surface area contributed by atoms with Gasteiger partial charge in [0, 0.05) is 37.7 Å². The van der Waals surface area contributed by atoms with Crippen LogP contribution in [0.4, 0.5) is 0 Å². The normalized spacial score (nSPS) is 6.67. The van der Waals surface area contributed by atoms with E-state index in [0.717, 1.165) is 0 Å². The summed E-state index contributed by atoms with van der Waals surface area (Å²) in [7, 11) is 0. The van der Waals surface area contributed by atoms with Crippen molar-refractivity contribution < 1.29 is 4.42 Å². The second kappa shape index (κ2) is 3.72. The number of rotatable bonds is 0. The molecule has 0 aromatic carbocycles. The zero-order valence-corrected chi connectivity index (χ0v) is 5.63. The first-order chi connectivity index (χ1) is 2.50. The molecule has 0 saturated carbocycles. The van der Waals surface area contributed by atoms with Gasteiger partial charge >= 0.3 is 0 Å². The Bertz CT molecular complexity index is 64.0. The molecule has 0 aliphatic heterocycles. The van der Waals surface area contributed by atoms with Gasteiger partial charge in [0.25, 0.3) is 0 Å². The quantitative estimate of drug-likeness (QED) is 0.450. The van der Waals surface area contributed by atoms with Crippen molar-refractivity contribution in [2.75, 3.05) is 0 Å². The van der Waals surface area contributed by atoms with Crippen molar-refractivity contribution in [3.63, 3.8) is 0 Å². The molecule has 1 nitrogen and oxygen atoms in total. The second-order valence-electron chi connectivity index (χ2n) is 0.793. The van der Waals surface area contributed by atoms with E-state index in [9.17, 15) is 0 Å². The Balaban J connectivity index is 0.000000250. The molecule has 1 heterocycles. The van der Waals surface area contributed by atoms with Crippen molar-refractivity contribution in [3.8, 4) is 0 Å². The molecule has 0 aliphatic carbocycles. The third-order valence-corrected chi connectivity index (χ3v) is 0.425. The molecule has 0 amide bonds. The van der Waals surface area contributed by atoms with E-state index < -0.39 is 0 Å². The second-order valence-corrected chi connectivity index (χ2v) is 0.793. The number of hydrogen-bond acceptors (Lipinski definition) is 1. The van der Waals surface area contributed by atoms with Crippen molar-refractivity contribution in [2.45, 2.75) is 0 Å². The van der Waals surface area contributed by atoms with Crippen LogP contribution in [0, 0.1) is 0 Å². The van der Waals surface area contributed by atoms with Crippen LogP contribution in [0.15, 0.2) is 29.1 Å². The van der Waals surface area contributed by atoms with Gasteiger partial charge < -0.3 is 4.42 Å². The Kier molecular flexibility index (Phi) is 4.05. The van der Waals surface area contributed by atoms with Crippen LogP contribution in [-0.2, 0) is 0 Å². The van der Waals surface area contributed by atoms with E-state index in [1.54, 1.807) is 12.5 Å². The Hall–Kier alpha value is 0.540. The van der Waals surface area contributed by atoms with E-state index in [1.807, 2.05) is 12.1 Å². The SMILES string of the molecule is [Ca].c1ccoc1. The molecule has 1 rings (SSSR count). The molecule has 0 bridgehead atoms. The molecule has 0 unspecified atom stereocenters. The summed E-state index contributed by atoms with van der Waals surface area (Å²) in [4.78, 5) is 0. The van der Waals surface area contributed by atoms with E-state index in [-0.39, 0.29) is 37.7 Å². The van der Waals surface area contributed by atoms with Crippen molar-refractivity contribution in [1.82, 2.24) is 0 Å². The van der Waals surface area contributed by atoms with Crippen LogP contribution < -0.4 is 0 Å². The Morgan fingerprint density at radius 1 is 1.00 bits per heavy atom. The number of furan rings is 1. The molecule has 28 valence electrons. The zero-order valence-electron chi connectivity index (χ0n) is 3.42. The summed E-state index contributed by atoms with van der Waals surface area (Å²) in [6, 6.07) is 3.67. The predicted octanol–water partition coefficient (Wildman–Crippen LogP) is 0.899. The summed E-state index contributed by atoms with van der Waals surface area (Å²) in [6.45, 7) is 0. The van der Waals surface area contributed by atoms with Crippen molar-refractivity contribution >= 4 is 37.7 Å². The fourth-order valence-corrected chi connectivity index (χ4v) is 0.227. The summed E-state index contributed by atoms with van der Waals surface area (Å²) >= 11 is 0. The van der Waals surface area contributed by atoms with Gasteiger partial charge in [-0.15, -0.1) is 0 Å². The minimum Gasteiger partial charge on any atom is -0.473 e. The summed E-state index contributed by atoms with van der Waals surface area (Å²) in [6.07, 6.45) is 3.25. The first-order valence-electron chi connectivity index (χ1n) is 1.47. The first-order valence-corrected chi connectivity index (χ1v) is 1.47. The minimum atomic E-state index is 0. The monoisotopic (exact) mass is 108 g/mol. The van der Waals surface area contributed by atoms with Crippen LogP contribution in [-0.4, -0.2) is 37.7 Å². The smallest absolute Gasteiger partial charge is 0.0902 e. The van der Waals surface area contributed by atoms with E-state index in [4.69, 9.17) is 0 Å². The number of hydrogen-bond donors (Lipinski definition) is 0. The fraction of sp³-hybridized carbons (Fsp3) is 0. The predicted molar refractivity (Wildman–Crippen MR) is 24.5 cm³/mol. The van der Waals surface area contributed by atoms with Crippen molar-refractivity contribution in [1.29, 1.82) is 0 Å². The van der Waals surface area contributed by atoms with Gasteiger partial charge in [0.05, 0.1) is 12.5 Å². The standard InChI is InChI=1S/C4H4O.Ca/c1-2-4-5-3-1;/h1-4H;. The van der Waals surface area contributed by atoms with Crippen LogP contribution >= 0.6 is 0 Å². The van der Waals surface area contributed by atoms with E-state index >= 15 is 0 Å². The Labute approximate surface area is 66.3 Å². The summed E-state index contributed by atoms with van der Waals surface area (Å²) < 4.78 is 4.58. The van der Waals surface area contributed by atoms with Gasteiger partial charge in [0.15, 0.2) is 0 Å². The van der Waals surface area contributed by atoms with Gasteiger partial charge in [0.1, 0.15) is 0 Å². The molecule has 1 aromatic heterocycles. The fourth-order valence-electron chi connectivity index (χ4n) is 0.227. The third kappa shape index (κ3) is 1.85. The average Bonchev–Trinajstić information content (AvgIpc) is 1.76. The summed E-state index contributed by atoms with van der Waals surface area (Å²) in [5, 5.41) is 0. The largest absolute Gasteiger partial charge is 0.473 e. The van der Waals surface area contributed by atoms with Crippen LogP contribution in [0.1, 0.15) is 0 Å². The molecule has 2 heteroatoms. The van der Waals surface area contributed by atoms with Crippen LogP contribution in [0.25, 0.3) is 0 Å². The van der Waals surface area contributed by atoms with Gasteiger partial charge in [-0.2, -0.15) is 0 Å². The average molecular weight is 108 g/mol. The molecule has 0 atom stereocenters. The van der Waals surface area contributed by atoms with E-state index in [0.29, 0.717) is 0 Å². The first kappa shape index (κ1) is 6.54. The molecule has 1 aromatic rings. The molecule has 0 fully saturated rings. The molecule has 0 N–H and O–H groups in total. The Morgan fingerprint density at radius 2 is 1.50 bits per heavy atom. The maximum atomic E-state index is 4.58.